The van der Waals surface area contributed by atoms with Gasteiger partial charge in [-0.15, -0.1) is 0 Å². The number of hydrogen-bond acceptors (Lipinski definition) is 4. The Kier molecular flexibility index (Phi) is 3.97. The second-order valence-corrected chi connectivity index (χ2v) is 5.98. The lowest BCUT2D eigenvalue weighted by atomic mass is 9.81. The standard InChI is InChI=1S/C13H22BFN2O3/c1-7-18-9(2)17-11(15)10(8-16-17)14-19-12(3,4)13(5,6)20-14/h8-9H,7H2,1-6H3. The van der Waals surface area contributed by atoms with Crippen LogP contribution < -0.4 is 5.46 Å². The van der Waals surface area contributed by atoms with Crippen LogP contribution in [-0.4, -0.2) is 34.7 Å². The van der Waals surface area contributed by atoms with Crippen molar-refractivity contribution in [1.82, 2.24) is 9.78 Å². The van der Waals surface area contributed by atoms with Crippen molar-refractivity contribution in [3.63, 3.8) is 0 Å². The van der Waals surface area contributed by atoms with E-state index in [1.165, 1.54) is 10.9 Å². The minimum absolute atomic E-state index is 0.301. The maximum absolute atomic E-state index is 14.4. The first-order valence-corrected chi connectivity index (χ1v) is 6.89. The number of aromatic nitrogens is 2. The molecule has 2 rings (SSSR count). The number of ether oxygens (including phenoxy) is 1. The summed E-state index contributed by atoms with van der Waals surface area (Å²) in [5.41, 5.74) is -0.703. The molecule has 5 nitrogen and oxygen atoms in total. The zero-order valence-corrected chi connectivity index (χ0v) is 12.9. The Labute approximate surface area is 119 Å². The number of hydrogen-bond donors (Lipinski definition) is 0. The minimum Gasteiger partial charge on any atom is -0.399 e. The molecule has 0 N–H and O–H groups in total. The molecule has 0 aromatic carbocycles. The van der Waals surface area contributed by atoms with Crippen LogP contribution in [0.5, 0.6) is 0 Å². The van der Waals surface area contributed by atoms with Gasteiger partial charge in [-0.1, -0.05) is 0 Å². The van der Waals surface area contributed by atoms with Crippen molar-refractivity contribution in [2.75, 3.05) is 6.61 Å². The molecular formula is C13H22BFN2O3. The molecule has 2 heterocycles. The zero-order chi connectivity index (χ0) is 15.1. The van der Waals surface area contributed by atoms with E-state index in [1.807, 2.05) is 34.6 Å². The van der Waals surface area contributed by atoms with Crippen LogP contribution in [0.1, 0.15) is 47.8 Å². The summed E-state index contributed by atoms with van der Waals surface area (Å²) in [4.78, 5) is 0. The van der Waals surface area contributed by atoms with Crippen LogP contribution in [-0.2, 0) is 14.0 Å². The summed E-state index contributed by atoms with van der Waals surface area (Å²) in [6.07, 6.45) is 0.976. The highest BCUT2D eigenvalue weighted by atomic mass is 19.1. The van der Waals surface area contributed by atoms with Gasteiger partial charge in [0, 0.05) is 6.61 Å². The molecule has 1 atom stereocenters. The van der Waals surface area contributed by atoms with Crippen molar-refractivity contribution in [3.8, 4) is 0 Å². The van der Waals surface area contributed by atoms with Crippen LogP contribution in [0.2, 0.25) is 0 Å². The molecule has 0 spiro atoms. The second kappa shape index (κ2) is 5.13. The third-order valence-electron chi connectivity index (χ3n) is 4.02. The van der Waals surface area contributed by atoms with Crippen LogP contribution in [0.25, 0.3) is 0 Å². The van der Waals surface area contributed by atoms with Gasteiger partial charge in [-0.25, -0.2) is 4.68 Å². The highest BCUT2D eigenvalue weighted by molar-refractivity contribution is 6.62. The van der Waals surface area contributed by atoms with Crippen LogP contribution in [0.4, 0.5) is 4.39 Å². The summed E-state index contributed by atoms with van der Waals surface area (Å²) in [5.74, 6) is -0.482. The Morgan fingerprint density at radius 2 is 1.90 bits per heavy atom. The summed E-state index contributed by atoms with van der Waals surface area (Å²) in [6, 6.07) is 0. The molecule has 0 bridgehead atoms. The molecule has 20 heavy (non-hydrogen) atoms. The quantitative estimate of drug-likeness (QED) is 0.792. The third-order valence-corrected chi connectivity index (χ3v) is 4.02. The van der Waals surface area contributed by atoms with Crippen molar-refractivity contribution >= 4 is 12.6 Å². The largest absolute Gasteiger partial charge is 0.501 e. The van der Waals surface area contributed by atoms with Gasteiger partial charge in [-0.3, -0.25) is 0 Å². The Morgan fingerprint density at radius 1 is 1.35 bits per heavy atom. The van der Waals surface area contributed by atoms with Crippen molar-refractivity contribution in [3.05, 3.63) is 12.1 Å². The van der Waals surface area contributed by atoms with E-state index in [0.717, 1.165) is 0 Å². The van der Waals surface area contributed by atoms with Gasteiger partial charge in [0.25, 0.3) is 0 Å². The molecule has 0 amide bonds. The van der Waals surface area contributed by atoms with Gasteiger partial charge < -0.3 is 14.0 Å². The fourth-order valence-corrected chi connectivity index (χ4v) is 2.05. The van der Waals surface area contributed by atoms with E-state index >= 15 is 0 Å². The predicted octanol–water partition coefficient (Wildman–Crippen LogP) is 1.88. The molecule has 0 saturated carbocycles. The first kappa shape index (κ1) is 15.5. The molecule has 1 saturated heterocycles. The fraction of sp³-hybridized carbons (Fsp3) is 0.769. The van der Waals surface area contributed by atoms with E-state index in [2.05, 4.69) is 5.10 Å². The first-order chi connectivity index (χ1) is 9.19. The SMILES string of the molecule is CCOC(C)n1ncc(B2OC(C)(C)C(C)(C)O2)c1F. The highest BCUT2D eigenvalue weighted by Gasteiger charge is 2.53. The predicted molar refractivity (Wildman–Crippen MR) is 74.2 cm³/mol. The summed E-state index contributed by atoms with van der Waals surface area (Å²) in [6.45, 7) is 11.8. The van der Waals surface area contributed by atoms with Crippen molar-refractivity contribution in [1.29, 1.82) is 0 Å². The topological polar surface area (TPSA) is 45.5 Å². The van der Waals surface area contributed by atoms with E-state index in [0.29, 0.717) is 12.1 Å². The molecule has 0 aliphatic carbocycles. The molecule has 1 aliphatic rings. The fourth-order valence-electron chi connectivity index (χ4n) is 2.05. The van der Waals surface area contributed by atoms with E-state index in [9.17, 15) is 4.39 Å². The summed E-state index contributed by atoms with van der Waals surface area (Å²) < 4.78 is 32.6. The summed E-state index contributed by atoms with van der Waals surface area (Å²) in [7, 11) is -0.748. The van der Waals surface area contributed by atoms with E-state index in [-0.39, 0.29) is 0 Å². The number of rotatable bonds is 4. The Morgan fingerprint density at radius 3 is 2.40 bits per heavy atom. The lowest BCUT2D eigenvalue weighted by molar-refractivity contribution is 0.00578. The number of nitrogens with zero attached hydrogens (tertiary/aromatic N) is 2. The molecule has 1 aromatic heterocycles. The van der Waals surface area contributed by atoms with E-state index in [1.54, 1.807) is 6.92 Å². The Bertz CT molecular complexity index is 474. The van der Waals surface area contributed by atoms with Crippen LogP contribution in [0, 0.1) is 5.95 Å². The minimum atomic E-state index is -0.748. The smallest absolute Gasteiger partial charge is 0.399 e. The summed E-state index contributed by atoms with van der Waals surface area (Å²) >= 11 is 0. The normalized spacial score (nSPS) is 22.2. The third kappa shape index (κ3) is 2.50. The second-order valence-electron chi connectivity index (χ2n) is 5.98. The van der Waals surface area contributed by atoms with Gasteiger partial charge in [0.1, 0.15) is 6.23 Å². The Balaban J connectivity index is 2.24. The van der Waals surface area contributed by atoms with Crippen LogP contribution in [0.3, 0.4) is 0 Å². The van der Waals surface area contributed by atoms with E-state index in [4.69, 9.17) is 14.0 Å². The molecule has 7 heteroatoms. The van der Waals surface area contributed by atoms with Gasteiger partial charge in [0.2, 0.25) is 5.95 Å². The molecule has 0 radical (unpaired) electrons. The van der Waals surface area contributed by atoms with Gasteiger partial charge in [0.05, 0.1) is 22.9 Å². The van der Waals surface area contributed by atoms with Gasteiger partial charge >= 0.3 is 7.12 Å². The first-order valence-electron chi connectivity index (χ1n) is 6.89. The highest BCUT2D eigenvalue weighted by Crippen LogP contribution is 2.36. The van der Waals surface area contributed by atoms with Crippen molar-refractivity contribution in [2.24, 2.45) is 0 Å². The maximum Gasteiger partial charge on any atom is 0.501 e. The average molecular weight is 284 g/mol. The molecule has 1 aromatic rings. The zero-order valence-electron chi connectivity index (χ0n) is 12.9. The Hall–Kier alpha value is -0.915. The van der Waals surface area contributed by atoms with Crippen LogP contribution >= 0.6 is 0 Å². The van der Waals surface area contributed by atoms with Crippen molar-refractivity contribution < 1.29 is 18.4 Å². The number of halogens is 1. The summed E-state index contributed by atoms with van der Waals surface area (Å²) in [5, 5.41) is 4.03. The molecule has 112 valence electrons. The van der Waals surface area contributed by atoms with Gasteiger partial charge in [0.15, 0.2) is 0 Å². The lowest BCUT2D eigenvalue weighted by Gasteiger charge is -2.32. The monoisotopic (exact) mass is 284 g/mol. The van der Waals surface area contributed by atoms with Crippen LogP contribution in [0.15, 0.2) is 6.20 Å². The van der Waals surface area contributed by atoms with E-state index < -0.39 is 30.5 Å². The van der Waals surface area contributed by atoms with Gasteiger partial charge in [-0.05, 0) is 41.5 Å². The maximum atomic E-state index is 14.4. The molecular weight excluding hydrogens is 262 g/mol. The molecule has 1 fully saturated rings. The van der Waals surface area contributed by atoms with Gasteiger partial charge in [-0.2, -0.15) is 9.49 Å². The molecule has 1 aliphatic heterocycles. The lowest BCUT2D eigenvalue weighted by Crippen LogP contribution is -2.41. The van der Waals surface area contributed by atoms with Crippen molar-refractivity contribution in [2.45, 2.75) is 59.0 Å². The average Bonchev–Trinajstić information content (AvgIpc) is 2.78. The molecule has 1 unspecified atom stereocenters.